The number of halogens is 1. The molecule has 0 aliphatic rings. The summed E-state index contributed by atoms with van der Waals surface area (Å²) in [6.45, 7) is 10.4. The number of hydrogen-bond donors (Lipinski definition) is 3. The van der Waals surface area contributed by atoms with Crippen molar-refractivity contribution < 1.29 is 14.3 Å². The minimum Gasteiger partial charge on any atom is -0.444 e. The third-order valence-corrected chi connectivity index (χ3v) is 4.17. The zero-order valence-electron chi connectivity index (χ0n) is 19.7. The Morgan fingerprint density at radius 2 is 1.77 bits per heavy atom. The molecule has 0 aromatic heterocycles. The normalized spacial score (nSPS) is 12.3. The van der Waals surface area contributed by atoms with E-state index in [2.05, 4.69) is 34.8 Å². The number of benzene rings is 1. The van der Waals surface area contributed by atoms with Crippen LogP contribution in [0.5, 0.6) is 0 Å². The Morgan fingerprint density at radius 3 is 2.29 bits per heavy atom. The average molecular weight is 547 g/mol. The van der Waals surface area contributed by atoms with E-state index in [-0.39, 0.29) is 42.5 Å². The monoisotopic (exact) mass is 547 g/mol. The van der Waals surface area contributed by atoms with Crippen LogP contribution in [0, 0.1) is 0 Å². The van der Waals surface area contributed by atoms with Gasteiger partial charge in [0.1, 0.15) is 12.1 Å². The van der Waals surface area contributed by atoms with Crippen LogP contribution in [0.1, 0.15) is 46.6 Å². The second-order valence-corrected chi connectivity index (χ2v) is 8.41. The zero-order chi connectivity index (χ0) is 22.7. The Morgan fingerprint density at radius 1 is 1.16 bits per heavy atom. The van der Waals surface area contributed by atoms with Crippen molar-refractivity contribution in [2.75, 3.05) is 32.5 Å². The molecular formula is C22H38IN5O3. The van der Waals surface area contributed by atoms with Crippen molar-refractivity contribution in [3.05, 3.63) is 29.8 Å². The number of guanidine groups is 1. The van der Waals surface area contributed by atoms with Crippen LogP contribution in [-0.4, -0.2) is 61.7 Å². The van der Waals surface area contributed by atoms with E-state index < -0.39 is 11.7 Å². The van der Waals surface area contributed by atoms with E-state index in [1.807, 2.05) is 45.0 Å². The predicted octanol–water partition coefficient (Wildman–Crippen LogP) is 3.62. The topological polar surface area (TPSA) is 95.1 Å². The number of ether oxygens (including phenoxy) is 1. The first kappa shape index (κ1) is 29.0. The van der Waals surface area contributed by atoms with Gasteiger partial charge in [-0.2, -0.15) is 0 Å². The summed E-state index contributed by atoms with van der Waals surface area (Å²) in [5, 5.41) is 9.30. The van der Waals surface area contributed by atoms with Crippen molar-refractivity contribution in [3.8, 4) is 0 Å². The van der Waals surface area contributed by atoms with Gasteiger partial charge in [-0.25, -0.2) is 9.79 Å². The fourth-order valence-corrected chi connectivity index (χ4v) is 2.28. The van der Waals surface area contributed by atoms with E-state index in [4.69, 9.17) is 4.74 Å². The highest BCUT2D eigenvalue weighted by Crippen LogP contribution is 2.13. The number of rotatable bonds is 8. The fourth-order valence-electron chi connectivity index (χ4n) is 2.28. The highest BCUT2D eigenvalue weighted by Gasteiger charge is 2.16. The molecule has 1 rings (SSSR count). The Labute approximate surface area is 203 Å². The van der Waals surface area contributed by atoms with Crippen LogP contribution in [0.2, 0.25) is 0 Å². The van der Waals surface area contributed by atoms with E-state index in [9.17, 15) is 9.59 Å². The van der Waals surface area contributed by atoms with Gasteiger partial charge < -0.3 is 20.3 Å². The van der Waals surface area contributed by atoms with E-state index in [1.54, 1.807) is 14.1 Å². The lowest BCUT2D eigenvalue weighted by atomic mass is 10.1. The van der Waals surface area contributed by atoms with Crippen molar-refractivity contribution in [2.24, 2.45) is 4.99 Å². The maximum Gasteiger partial charge on any atom is 0.412 e. The molecular weight excluding hydrogens is 509 g/mol. The number of likely N-dealkylation sites (N-methyl/N-ethyl adjacent to an activating group) is 1. The maximum absolute atomic E-state index is 11.8. The summed E-state index contributed by atoms with van der Waals surface area (Å²) >= 11 is 0. The Bertz CT molecular complexity index is 715. The molecule has 1 aromatic rings. The molecule has 0 saturated carbocycles. The van der Waals surface area contributed by atoms with Gasteiger partial charge in [-0.1, -0.05) is 19.1 Å². The minimum atomic E-state index is -0.532. The third-order valence-electron chi connectivity index (χ3n) is 4.17. The first-order chi connectivity index (χ1) is 14.0. The van der Waals surface area contributed by atoms with Crippen molar-refractivity contribution >= 4 is 47.6 Å². The minimum absolute atomic E-state index is 0. The molecule has 0 saturated heterocycles. The second kappa shape index (κ2) is 14.1. The quantitative estimate of drug-likeness (QED) is 0.263. The molecule has 9 heteroatoms. The van der Waals surface area contributed by atoms with Crippen molar-refractivity contribution in [2.45, 2.75) is 59.1 Å². The number of hydrogen-bond acceptors (Lipinski definition) is 4. The zero-order valence-corrected chi connectivity index (χ0v) is 22.1. The summed E-state index contributed by atoms with van der Waals surface area (Å²) in [5.74, 6) is 0.580. The molecule has 0 fully saturated rings. The summed E-state index contributed by atoms with van der Waals surface area (Å²) in [6, 6.07) is 7.87. The van der Waals surface area contributed by atoms with Crippen LogP contribution in [0.4, 0.5) is 10.5 Å². The number of nitrogens with zero attached hydrogens (tertiary/aromatic N) is 2. The molecule has 0 heterocycles. The van der Waals surface area contributed by atoms with E-state index in [1.165, 1.54) is 4.90 Å². The molecule has 8 nitrogen and oxygen atoms in total. The second-order valence-electron chi connectivity index (χ2n) is 8.41. The van der Waals surface area contributed by atoms with E-state index >= 15 is 0 Å². The lowest BCUT2D eigenvalue weighted by molar-refractivity contribution is -0.127. The fraction of sp³-hybridized carbons (Fsp3) is 0.591. The van der Waals surface area contributed by atoms with Gasteiger partial charge in [0.05, 0.1) is 0 Å². The van der Waals surface area contributed by atoms with Gasteiger partial charge in [0.2, 0.25) is 5.91 Å². The molecule has 1 unspecified atom stereocenters. The first-order valence-electron chi connectivity index (χ1n) is 10.3. The van der Waals surface area contributed by atoms with Gasteiger partial charge in [-0.3, -0.25) is 10.1 Å². The van der Waals surface area contributed by atoms with Crippen LogP contribution in [0.3, 0.4) is 0 Å². The molecule has 3 N–H and O–H groups in total. The molecule has 0 aliphatic carbocycles. The molecule has 0 radical (unpaired) electrons. The Hall–Kier alpha value is -2.04. The summed E-state index contributed by atoms with van der Waals surface area (Å²) in [5.41, 5.74) is 1.27. The van der Waals surface area contributed by atoms with E-state index in [0.717, 1.165) is 18.4 Å². The predicted molar refractivity (Wildman–Crippen MR) is 137 cm³/mol. The molecule has 0 spiro atoms. The van der Waals surface area contributed by atoms with Gasteiger partial charge in [0, 0.05) is 32.4 Å². The van der Waals surface area contributed by atoms with Gasteiger partial charge in [-0.15, -0.1) is 24.0 Å². The summed E-state index contributed by atoms with van der Waals surface area (Å²) in [4.78, 5) is 29.5. The van der Waals surface area contributed by atoms with Crippen molar-refractivity contribution in [3.63, 3.8) is 0 Å². The van der Waals surface area contributed by atoms with Crippen molar-refractivity contribution in [1.29, 1.82) is 0 Å². The Balaban J connectivity index is 0.00000900. The summed E-state index contributed by atoms with van der Waals surface area (Å²) in [7, 11) is 3.43. The molecule has 0 aliphatic heterocycles. The van der Waals surface area contributed by atoms with Crippen LogP contribution < -0.4 is 16.0 Å². The van der Waals surface area contributed by atoms with Gasteiger partial charge >= 0.3 is 6.09 Å². The van der Waals surface area contributed by atoms with Crippen LogP contribution in [0.25, 0.3) is 0 Å². The van der Waals surface area contributed by atoms with E-state index in [0.29, 0.717) is 18.2 Å². The molecule has 31 heavy (non-hydrogen) atoms. The third kappa shape index (κ3) is 13.1. The van der Waals surface area contributed by atoms with Crippen LogP contribution in [0.15, 0.2) is 29.3 Å². The summed E-state index contributed by atoms with van der Waals surface area (Å²) in [6.07, 6.45) is 1.26. The molecule has 2 amide bonds. The number of nitrogens with one attached hydrogen (secondary N) is 3. The van der Waals surface area contributed by atoms with Crippen LogP contribution in [-0.2, 0) is 16.0 Å². The SMILES string of the molecule is CCC(C)NC(=NCC(=O)N(C)C)NCCc1ccc(NC(=O)OC(C)(C)C)cc1.I. The lowest BCUT2D eigenvalue weighted by Crippen LogP contribution is -2.43. The number of anilines is 1. The van der Waals surface area contributed by atoms with Gasteiger partial charge in [-0.05, 0) is 58.2 Å². The van der Waals surface area contributed by atoms with Gasteiger partial charge in [0.15, 0.2) is 5.96 Å². The largest absolute Gasteiger partial charge is 0.444 e. The van der Waals surface area contributed by atoms with Crippen LogP contribution >= 0.6 is 24.0 Å². The first-order valence-corrected chi connectivity index (χ1v) is 10.3. The molecule has 176 valence electrons. The highest BCUT2D eigenvalue weighted by atomic mass is 127. The average Bonchev–Trinajstić information content (AvgIpc) is 2.65. The molecule has 0 bridgehead atoms. The lowest BCUT2D eigenvalue weighted by Gasteiger charge is -2.19. The standard InChI is InChI=1S/C22H37N5O3.HI/c1-8-16(2)25-20(24-15-19(28)27(6)7)23-14-13-17-9-11-18(12-10-17)26-21(29)30-22(3,4)5;/h9-12,16H,8,13-15H2,1-7H3,(H,26,29)(H2,23,24,25);1H. The number of amides is 2. The maximum atomic E-state index is 11.8. The number of carbonyl (C=O) groups excluding carboxylic acids is 2. The smallest absolute Gasteiger partial charge is 0.412 e. The molecule has 1 atom stereocenters. The van der Waals surface area contributed by atoms with Gasteiger partial charge in [0.25, 0.3) is 0 Å². The van der Waals surface area contributed by atoms with Crippen molar-refractivity contribution in [1.82, 2.24) is 15.5 Å². The molecule has 1 aromatic carbocycles. The summed E-state index contributed by atoms with van der Waals surface area (Å²) < 4.78 is 5.25. The number of aliphatic imine (C=N–C) groups is 1. The highest BCUT2D eigenvalue weighted by molar-refractivity contribution is 14.0. The Kier molecular flexibility index (Phi) is 13.2. The number of carbonyl (C=O) groups is 2.